The van der Waals surface area contributed by atoms with Gasteiger partial charge in [0, 0.05) is 36.4 Å². The summed E-state index contributed by atoms with van der Waals surface area (Å²) >= 11 is 6.84. The van der Waals surface area contributed by atoms with Gasteiger partial charge in [0.2, 0.25) is 5.91 Å². The van der Waals surface area contributed by atoms with Crippen LogP contribution in [-0.4, -0.2) is 43.0 Å². The average Bonchev–Trinajstić information content (AvgIpc) is 2.36. The standard InChI is InChI=1S/C13H16I3N3O/c1-8-6-17-2-3-19(8)7-12(20)18-13-10(15)4-9(14)5-11(13)16/h4-5,8,17H,2-3,6-7H2,1H3,(H,18,20). The van der Waals surface area contributed by atoms with E-state index in [4.69, 9.17) is 0 Å². The van der Waals surface area contributed by atoms with Crippen LogP contribution in [0.3, 0.4) is 0 Å². The molecule has 0 aromatic heterocycles. The van der Waals surface area contributed by atoms with Gasteiger partial charge in [0.1, 0.15) is 0 Å². The average molecular weight is 611 g/mol. The summed E-state index contributed by atoms with van der Waals surface area (Å²) in [5.41, 5.74) is 0.930. The van der Waals surface area contributed by atoms with Gasteiger partial charge in [-0.2, -0.15) is 0 Å². The molecule has 0 bridgehead atoms. The number of carbonyl (C=O) groups excluding carboxylic acids is 1. The molecule has 1 fully saturated rings. The summed E-state index contributed by atoms with van der Waals surface area (Å²) in [6, 6.07) is 4.56. The quantitative estimate of drug-likeness (QED) is 0.518. The number of nitrogens with one attached hydrogen (secondary N) is 2. The van der Waals surface area contributed by atoms with Crippen LogP contribution in [0.5, 0.6) is 0 Å². The Morgan fingerprint density at radius 1 is 1.40 bits per heavy atom. The fourth-order valence-corrected chi connectivity index (χ4v) is 6.00. The molecule has 1 amide bonds. The highest BCUT2D eigenvalue weighted by Crippen LogP contribution is 2.27. The lowest BCUT2D eigenvalue weighted by atomic mass is 10.2. The topological polar surface area (TPSA) is 44.4 Å². The fraction of sp³-hybridized carbons (Fsp3) is 0.462. The van der Waals surface area contributed by atoms with Gasteiger partial charge in [0.05, 0.1) is 12.2 Å². The molecule has 0 radical (unpaired) electrons. The molecule has 1 aliphatic rings. The molecular formula is C13H16I3N3O. The third-order valence-electron chi connectivity index (χ3n) is 3.26. The van der Waals surface area contributed by atoms with Crippen LogP contribution in [0.2, 0.25) is 0 Å². The van der Waals surface area contributed by atoms with Crippen molar-refractivity contribution in [1.82, 2.24) is 10.2 Å². The number of hydrogen-bond acceptors (Lipinski definition) is 3. The SMILES string of the molecule is CC1CNCCN1CC(=O)Nc1c(I)cc(I)cc1I. The lowest BCUT2D eigenvalue weighted by Crippen LogP contribution is -2.52. The van der Waals surface area contributed by atoms with Gasteiger partial charge >= 0.3 is 0 Å². The smallest absolute Gasteiger partial charge is 0.238 e. The monoisotopic (exact) mass is 611 g/mol. The number of benzene rings is 1. The molecule has 4 nitrogen and oxygen atoms in total. The maximum absolute atomic E-state index is 12.2. The van der Waals surface area contributed by atoms with Crippen molar-refractivity contribution in [2.24, 2.45) is 0 Å². The van der Waals surface area contributed by atoms with E-state index < -0.39 is 0 Å². The third kappa shape index (κ3) is 4.65. The highest BCUT2D eigenvalue weighted by atomic mass is 127. The van der Waals surface area contributed by atoms with Crippen LogP contribution >= 0.6 is 67.8 Å². The van der Waals surface area contributed by atoms with E-state index in [-0.39, 0.29) is 5.91 Å². The van der Waals surface area contributed by atoms with Gasteiger partial charge in [-0.3, -0.25) is 9.69 Å². The lowest BCUT2D eigenvalue weighted by Gasteiger charge is -2.33. The molecule has 1 atom stereocenters. The summed E-state index contributed by atoms with van der Waals surface area (Å²) in [7, 11) is 0. The summed E-state index contributed by atoms with van der Waals surface area (Å²) < 4.78 is 3.35. The van der Waals surface area contributed by atoms with E-state index in [0.29, 0.717) is 12.6 Å². The Bertz CT molecular complexity index is 487. The van der Waals surface area contributed by atoms with Crippen molar-refractivity contribution in [2.75, 3.05) is 31.5 Å². The number of amides is 1. The van der Waals surface area contributed by atoms with Crippen molar-refractivity contribution in [3.63, 3.8) is 0 Å². The zero-order valence-corrected chi connectivity index (χ0v) is 17.5. The van der Waals surface area contributed by atoms with E-state index in [2.05, 4.69) is 102 Å². The Balaban J connectivity index is 2.01. The first-order chi connectivity index (χ1) is 9.47. The summed E-state index contributed by atoms with van der Waals surface area (Å²) in [6.07, 6.45) is 0. The Morgan fingerprint density at radius 2 is 2.05 bits per heavy atom. The Morgan fingerprint density at radius 3 is 2.65 bits per heavy atom. The molecule has 1 aromatic rings. The summed E-state index contributed by atoms with van der Waals surface area (Å²) in [6.45, 7) is 5.44. The van der Waals surface area contributed by atoms with Crippen LogP contribution in [-0.2, 0) is 4.79 Å². The van der Waals surface area contributed by atoms with Gasteiger partial charge in [-0.1, -0.05) is 0 Å². The van der Waals surface area contributed by atoms with Crippen LogP contribution in [0.15, 0.2) is 12.1 Å². The molecule has 20 heavy (non-hydrogen) atoms. The third-order valence-corrected chi connectivity index (χ3v) is 5.58. The van der Waals surface area contributed by atoms with Crippen LogP contribution in [0.25, 0.3) is 0 Å². The first-order valence-corrected chi connectivity index (χ1v) is 9.60. The van der Waals surface area contributed by atoms with E-state index in [1.54, 1.807) is 0 Å². The lowest BCUT2D eigenvalue weighted by molar-refractivity contribution is -0.118. The molecule has 2 N–H and O–H groups in total. The van der Waals surface area contributed by atoms with Crippen molar-refractivity contribution in [3.05, 3.63) is 22.8 Å². The largest absolute Gasteiger partial charge is 0.323 e. The normalized spacial score (nSPS) is 19.9. The number of carbonyl (C=O) groups is 1. The van der Waals surface area contributed by atoms with Crippen molar-refractivity contribution in [1.29, 1.82) is 0 Å². The predicted molar refractivity (Wildman–Crippen MR) is 107 cm³/mol. The minimum absolute atomic E-state index is 0.0655. The van der Waals surface area contributed by atoms with Crippen LogP contribution in [0, 0.1) is 10.7 Å². The van der Waals surface area contributed by atoms with Crippen LogP contribution in [0.1, 0.15) is 6.92 Å². The number of rotatable bonds is 3. The number of anilines is 1. The minimum atomic E-state index is 0.0655. The van der Waals surface area contributed by atoms with Crippen molar-refractivity contribution < 1.29 is 4.79 Å². The molecule has 7 heteroatoms. The van der Waals surface area contributed by atoms with Crippen LogP contribution < -0.4 is 10.6 Å². The second kappa shape index (κ2) is 7.88. The highest BCUT2D eigenvalue weighted by molar-refractivity contribution is 14.1. The number of piperazine rings is 1. The summed E-state index contributed by atoms with van der Waals surface area (Å²) in [5.74, 6) is 0.0655. The zero-order chi connectivity index (χ0) is 14.7. The van der Waals surface area contributed by atoms with E-state index >= 15 is 0 Å². The van der Waals surface area contributed by atoms with Gasteiger partial charge in [-0.05, 0) is 86.8 Å². The summed E-state index contributed by atoms with van der Waals surface area (Å²) in [5, 5.41) is 6.39. The zero-order valence-electron chi connectivity index (χ0n) is 11.0. The molecule has 1 saturated heterocycles. The van der Waals surface area contributed by atoms with E-state index in [1.807, 2.05) is 0 Å². The molecule has 1 aliphatic heterocycles. The van der Waals surface area contributed by atoms with Crippen molar-refractivity contribution >= 4 is 79.4 Å². The first kappa shape index (κ1) is 17.2. The van der Waals surface area contributed by atoms with Gasteiger partial charge in [-0.15, -0.1) is 0 Å². The number of nitrogens with zero attached hydrogens (tertiary/aromatic N) is 1. The fourth-order valence-electron chi connectivity index (χ4n) is 2.14. The minimum Gasteiger partial charge on any atom is -0.323 e. The van der Waals surface area contributed by atoms with E-state index in [9.17, 15) is 4.79 Å². The van der Waals surface area contributed by atoms with E-state index in [0.717, 1.165) is 32.5 Å². The predicted octanol–water partition coefficient (Wildman–Crippen LogP) is 2.73. The second-order valence-corrected chi connectivity index (χ2v) is 8.39. The van der Waals surface area contributed by atoms with Crippen LogP contribution in [0.4, 0.5) is 5.69 Å². The first-order valence-electron chi connectivity index (χ1n) is 6.36. The van der Waals surface area contributed by atoms with Crippen molar-refractivity contribution in [3.8, 4) is 0 Å². The van der Waals surface area contributed by atoms with E-state index in [1.165, 1.54) is 3.57 Å². The van der Waals surface area contributed by atoms with Crippen molar-refractivity contribution in [2.45, 2.75) is 13.0 Å². The Kier molecular flexibility index (Phi) is 6.76. The molecule has 0 saturated carbocycles. The Hall–Kier alpha value is 0.800. The molecule has 1 heterocycles. The molecule has 2 rings (SSSR count). The Labute approximate surface area is 160 Å². The molecule has 1 aromatic carbocycles. The molecule has 110 valence electrons. The molecule has 0 aliphatic carbocycles. The van der Waals surface area contributed by atoms with Gasteiger partial charge in [-0.25, -0.2) is 0 Å². The number of halogens is 3. The van der Waals surface area contributed by atoms with Gasteiger partial charge in [0.25, 0.3) is 0 Å². The maximum Gasteiger partial charge on any atom is 0.238 e. The van der Waals surface area contributed by atoms with Gasteiger partial charge in [0.15, 0.2) is 0 Å². The molecule has 0 spiro atoms. The maximum atomic E-state index is 12.2. The number of hydrogen-bond donors (Lipinski definition) is 2. The molecular weight excluding hydrogens is 595 g/mol. The highest BCUT2D eigenvalue weighted by Gasteiger charge is 2.21. The summed E-state index contributed by atoms with van der Waals surface area (Å²) in [4.78, 5) is 14.5. The second-order valence-electron chi connectivity index (χ2n) is 4.82. The van der Waals surface area contributed by atoms with Gasteiger partial charge < -0.3 is 10.6 Å². The molecule has 1 unspecified atom stereocenters.